The van der Waals surface area contributed by atoms with Gasteiger partial charge in [-0.1, -0.05) is 31.5 Å². The summed E-state index contributed by atoms with van der Waals surface area (Å²) < 4.78 is 11.4. The van der Waals surface area contributed by atoms with Crippen LogP contribution in [-0.2, 0) is 6.42 Å². The lowest BCUT2D eigenvalue weighted by atomic mass is 9.90. The quantitative estimate of drug-likeness (QED) is 0.760. The summed E-state index contributed by atoms with van der Waals surface area (Å²) in [6.07, 6.45) is 3.30. The van der Waals surface area contributed by atoms with E-state index in [1.165, 1.54) is 16.7 Å². The minimum Gasteiger partial charge on any atom is -0.494 e. The summed E-state index contributed by atoms with van der Waals surface area (Å²) in [7, 11) is 0. The number of hydrogen-bond donors (Lipinski definition) is 1. The van der Waals surface area contributed by atoms with Crippen LogP contribution in [0.3, 0.4) is 0 Å². The van der Waals surface area contributed by atoms with Gasteiger partial charge in [0.05, 0.1) is 19.3 Å². The second-order valence-electron chi connectivity index (χ2n) is 6.20. The summed E-state index contributed by atoms with van der Waals surface area (Å²) in [6, 6.07) is 15.2. The first kappa shape index (κ1) is 16.8. The van der Waals surface area contributed by atoms with Gasteiger partial charge in [-0.3, -0.25) is 0 Å². The van der Waals surface area contributed by atoms with E-state index in [1.807, 2.05) is 6.92 Å². The van der Waals surface area contributed by atoms with Gasteiger partial charge in [0.1, 0.15) is 11.5 Å². The molecule has 128 valence electrons. The molecule has 0 amide bonds. The van der Waals surface area contributed by atoms with E-state index in [0.29, 0.717) is 6.61 Å². The predicted octanol–water partition coefficient (Wildman–Crippen LogP) is 4.50. The van der Waals surface area contributed by atoms with Crippen molar-refractivity contribution in [2.24, 2.45) is 0 Å². The minimum atomic E-state index is 0.245. The average Bonchev–Trinajstić information content (AvgIpc) is 2.62. The maximum atomic E-state index is 5.76. The number of benzene rings is 2. The van der Waals surface area contributed by atoms with Gasteiger partial charge in [-0.15, -0.1) is 0 Å². The average molecular weight is 325 g/mol. The van der Waals surface area contributed by atoms with Gasteiger partial charge in [-0.25, -0.2) is 0 Å². The summed E-state index contributed by atoms with van der Waals surface area (Å²) in [6.45, 7) is 6.69. The molecule has 1 heterocycles. The Morgan fingerprint density at radius 3 is 2.54 bits per heavy atom. The molecule has 3 nitrogen and oxygen atoms in total. The molecule has 24 heavy (non-hydrogen) atoms. The molecule has 3 heteroatoms. The molecule has 1 N–H and O–H groups in total. The zero-order valence-electron chi connectivity index (χ0n) is 14.7. The summed E-state index contributed by atoms with van der Waals surface area (Å²) >= 11 is 0. The Bertz CT molecular complexity index is 651. The van der Waals surface area contributed by atoms with E-state index in [-0.39, 0.29) is 6.04 Å². The van der Waals surface area contributed by atoms with Crippen molar-refractivity contribution in [2.75, 3.05) is 19.8 Å². The smallest absolute Gasteiger partial charge is 0.119 e. The van der Waals surface area contributed by atoms with Crippen LogP contribution in [0.1, 0.15) is 49.4 Å². The van der Waals surface area contributed by atoms with Gasteiger partial charge in [0.2, 0.25) is 0 Å². The molecule has 0 saturated carbocycles. The van der Waals surface area contributed by atoms with Crippen molar-refractivity contribution < 1.29 is 9.47 Å². The lowest BCUT2D eigenvalue weighted by molar-refractivity contribution is 0.309. The fourth-order valence-corrected chi connectivity index (χ4v) is 3.19. The van der Waals surface area contributed by atoms with Gasteiger partial charge >= 0.3 is 0 Å². The number of unbranched alkanes of at least 4 members (excludes halogenated alkanes) is 1. The molecule has 2 aromatic carbocycles. The Labute approximate surface area is 145 Å². The van der Waals surface area contributed by atoms with Crippen LogP contribution >= 0.6 is 0 Å². The maximum Gasteiger partial charge on any atom is 0.119 e. The Morgan fingerprint density at radius 2 is 1.79 bits per heavy atom. The van der Waals surface area contributed by atoms with Crippen LogP contribution in [-0.4, -0.2) is 19.8 Å². The Kier molecular flexibility index (Phi) is 5.76. The third-order valence-corrected chi connectivity index (χ3v) is 4.46. The standard InChI is InChI=1S/C21H27NO2/c1-3-5-14-24-18-8-6-16(7-9-18)21-20-11-10-19(23-4-2)15-17(20)12-13-22-21/h6-11,15,21-22H,3-5,12-14H2,1-2H3. The van der Waals surface area contributed by atoms with Gasteiger partial charge < -0.3 is 14.8 Å². The molecule has 0 saturated heterocycles. The predicted molar refractivity (Wildman–Crippen MR) is 98.0 cm³/mol. The van der Waals surface area contributed by atoms with Crippen molar-refractivity contribution in [3.05, 3.63) is 59.2 Å². The largest absolute Gasteiger partial charge is 0.494 e. The van der Waals surface area contributed by atoms with Crippen LogP contribution in [0.2, 0.25) is 0 Å². The van der Waals surface area contributed by atoms with Gasteiger partial charge in [-0.2, -0.15) is 0 Å². The maximum absolute atomic E-state index is 5.76. The second-order valence-corrected chi connectivity index (χ2v) is 6.20. The van der Waals surface area contributed by atoms with Crippen molar-refractivity contribution in [3.8, 4) is 11.5 Å². The summed E-state index contributed by atoms with van der Waals surface area (Å²) in [5.74, 6) is 1.92. The number of hydrogen-bond acceptors (Lipinski definition) is 3. The fraction of sp³-hybridized carbons (Fsp3) is 0.429. The molecule has 1 atom stereocenters. The molecule has 1 aliphatic heterocycles. The van der Waals surface area contributed by atoms with Crippen molar-refractivity contribution in [3.63, 3.8) is 0 Å². The Balaban J connectivity index is 1.76. The van der Waals surface area contributed by atoms with E-state index in [0.717, 1.165) is 43.9 Å². The number of ether oxygens (including phenoxy) is 2. The third kappa shape index (κ3) is 3.90. The molecule has 0 fully saturated rings. The zero-order chi connectivity index (χ0) is 16.8. The summed E-state index contributed by atoms with van der Waals surface area (Å²) in [4.78, 5) is 0. The first-order valence-corrected chi connectivity index (χ1v) is 9.03. The van der Waals surface area contributed by atoms with E-state index < -0.39 is 0 Å². The molecule has 0 bridgehead atoms. The van der Waals surface area contributed by atoms with E-state index in [9.17, 15) is 0 Å². The second kappa shape index (κ2) is 8.20. The Hall–Kier alpha value is -2.00. The number of nitrogens with one attached hydrogen (secondary N) is 1. The molecule has 3 rings (SSSR count). The topological polar surface area (TPSA) is 30.5 Å². The van der Waals surface area contributed by atoms with Crippen molar-refractivity contribution in [1.82, 2.24) is 5.32 Å². The van der Waals surface area contributed by atoms with E-state index in [2.05, 4.69) is 54.7 Å². The lowest BCUT2D eigenvalue weighted by Crippen LogP contribution is -2.30. The monoisotopic (exact) mass is 325 g/mol. The lowest BCUT2D eigenvalue weighted by Gasteiger charge is -2.28. The highest BCUT2D eigenvalue weighted by atomic mass is 16.5. The van der Waals surface area contributed by atoms with Crippen LogP contribution < -0.4 is 14.8 Å². The number of fused-ring (bicyclic) bond motifs is 1. The van der Waals surface area contributed by atoms with Crippen LogP contribution in [0.25, 0.3) is 0 Å². The van der Waals surface area contributed by atoms with E-state index >= 15 is 0 Å². The first-order chi connectivity index (χ1) is 11.8. The molecular formula is C21H27NO2. The highest BCUT2D eigenvalue weighted by molar-refractivity contribution is 5.44. The van der Waals surface area contributed by atoms with Gasteiger partial charge in [0, 0.05) is 6.54 Å². The molecule has 2 aromatic rings. The van der Waals surface area contributed by atoms with E-state index in [1.54, 1.807) is 0 Å². The van der Waals surface area contributed by atoms with Crippen molar-refractivity contribution in [2.45, 2.75) is 39.2 Å². The van der Waals surface area contributed by atoms with Crippen molar-refractivity contribution in [1.29, 1.82) is 0 Å². The first-order valence-electron chi connectivity index (χ1n) is 9.03. The molecule has 0 spiro atoms. The molecule has 1 aliphatic rings. The fourth-order valence-electron chi connectivity index (χ4n) is 3.19. The highest BCUT2D eigenvalue weighted by Crippen LogP contribution is 2.32. The molecule has 0 aromatic heterocycles. The normalized spacial score (nSPS) is 16.5. The summed E-state index contributed by atoms with van der Waals surface area (Å²) in [5.41, 5.74) is 4.01. The summed E-state index contributed by atoms with van der Waals surface area (Å²) in [5, 5.41) is 3.63. The molecular weight excluding hydrogens is 298 g/mol. The van der Waals surface area contributed by atoms with E-state index in [4.69, 9.17) is 9.47 Å². The molecule has 0 aliphatic carbocycles. The van der Waals surface area contributed by atoms with Crippen molar-refractivity contribution >= 4 is 0 Å². The van der Waals surface area contributed by atoms with Crippen LogP contribution in [0.15, 0.2) is 42.5 Å². The highest BCUT2D eigenvalue weighted by Gasteiger charge is 2.21. The van der Waals surface area contributed by atoms with Gasteiger partial charge in [0.15, 0.2) is 0 Å². The third-order valence-electron chi connectivity index (χ3n) is 4.46. The molecule has 1 unspecified atom stereocenters. The minimum absolute atomic E-state index is 0.245. The SMILES string of the molecule is CCCCOc1ccc(C2NCCc3cc(OCC)ccc32)cc1. The molecule has 0 radical (unpaired) electrons. The van der Waals surface area contributed by atoms with Gasteiger partial charge in [0.25, 0.3) is 0 Å². The Morgan fingerprint density at radius 1 is 1.00 bits per heavy atom. The number of rotatable bonds is 7. The van der Waals surface area contributed by atoms with Crippen LogP contribution in [0.4, 0.5) is 0 Å². The zero-order valence-corrected chi connectivity index (χ0v) is 14.7. The van der Waals surface area contributed by atoms with Gasteiger partial charge in [-0.05, 0) is 60.7 Å². The van der Waals surface area contributed by atoms with Crippen LogP contribution in [0.5, 0.6) is 11.5 Å². The van der Waals surface area contributed by atoms with Crippen LogP contribution in [0, 0.1) is 0 Å².